The Kier molecular flexibility index (Phi) is 6.95. The molecule has 0 fully saturated rings. The summed E-state index contributed by atoms with van der Waals surface area (Å²) in [4.78, 5) is 24.8. The number of benzene rings is 2. The molecule has 1 aromatic heterocycles. The van der Waals surface area contributed by atoms with Gasteiger partial charge in [-0.1, -0.05) is 23.8 Å². The quantitative estimate of drug-likeness (QED) is 0.357. The number of nitrogens with zero attached hydrogens (tertiary/aromatic N) is 1. The zero-order chi connectivity index (χ0) is 25.2. The van der Waals surface area contributed by atoms with Gasteiger partial charge in [0.05, 0.1) is 4.90 Å². The number of esters is 1. The molecule has 10 heteroatoms. The maximum Gasteiger partial charge on any atom is 0.321 e. The van der Waals surface area contributed by atoms with Crippen LogP contribution < -0.4 is 14.2 Å². The number of nitrogens with one attached hydrogen (secondary N) is 1. The molecule has 0 unspecified atom stereocenters. The second-order valence-corrected chi connectivity index (χ2v) is 10.0. The van der Waals surface area contributed by atoms with Crippen molar-refractivity contribution in [2.24, 2.45) is 0 Å². The monoisotopic (exact) mass is 498 g/mol. The second-order valence-electron chi connectivity index (χ2n) is 8.28. The highest BCUT2D eigenvalue weighted by Gasteiger charge is 2.20. The van der Waals surface area contributed by atoms with Gasteiger partial charge in [0.15, 0.2) is 18.1 Å². The summed E-state index contributed by atoms with van der Waals surface area (Å²) < 4.78 is 44.6. The van der Waals surface area contributed by atoms with Crippen LogP contribution in [-0.4, -0.2) is 44.7 Å². The van der Waals surface area contributed by atoms with Gasteiger partial charge in [-0.15, -0.1) is 0 Å². The summed E-state index contributed by atoms with van der Waals surface area (Å²) in [6, 6.07) is 13.7. The predicted molar refractivity (Wildman–Crippen MR) is 127 cm³/mol. The lowest BCUT2D eigenvalue weighted by Gasteiger charge is -2.11. The predicted octanol–water partition coefficient (Wildman–Crippen LogP) is 2.89. The van der Waals surface area contributed by atoms with Gasteiger partial charge in [-0.25, -0.2) is 8.42 Å². The number of aromatic nitrogens is 1. The third kappa shape index (κ3) is 5.55. The minimum absolute atomic E-state index is 0.0434. The fourth-order valence-corrected chi connectivity index (χ4v) is 4.75. The van der Waals surface area contributed by atoms with Crippen molar-refractivity contribution in [1.29, 1.82) is 0 Å². The van der Waals surface area contributed by atoms with E-state index in [1.165, 1.54) is 12.1 Å². The normalized spacial score (nSPS) is 12.5. The minimum atomic E-state index is -3.86. The molecule has 0 aliphatic carbocycles. The summed E-state index contributed by atoms with van der Waals surface area (Å²) in [5.74, 6) is 0.174. The zero-order valence-corrected chi connectivity index (χ0v) is 20.5. The smallest absolute Gasteiger partial charge is 0.321 e. The van der Waals surface area contributed by atoms with Crippen molar-refractivity contribution in [3.8, 4) is 11.5 Å². The highest BCUT2D eigenvalue weighted by molar-refractivity contribution is 7.89. The van der Waals surface area contributed by atoms with E-state index < -0.39 is 29.1 Å². The third-order valence-electron chi connectivity index (χ3n) is 5.75. The van der Waals surface area contributed by atoms with Crippen LogP contribution in [0.3, 0.4) is 0 Å². The van der Waals surface area contributed by atoms with E-state index in [4.69, 9.17) is 14.2 Å². The lowest BCUT2D eigenvalue weighted by atomic mass is 10.1. The number of aryl methyl sites for hydroxylation is 2. The lowest BCUT2D eigenvalue weighted by molar-refractivity contribution is -0.141. The Morgan fingerprint density at radius 1 is 1.00 bits per heavy atom. The Labute approximate surface area is 203 Å². The first-order valence-corrected chi connectivity index (χ1v) is 12.4. The van der Waals surface area contributed by atoms with Gasteiger partial charge in [0, 0.05) is 23.5 Å². The summed E-state index contributed by atoms with van der Waals surface area (Å²) in [7, 11) is -3.86. The Morgan fingerprint density at radius 2 is 1.71 bits per heavy atom. The van der Waals surface area contributed by atoms with E-state index in [0.29, 0.717) is 23.6 Å². The number of hydrogen-bond donors (Lipinski definition) is 1. The largest absolute Gasteiger partial charge is 0.456 e. The van der Waals surface area contributed by atoms with Gasteiger partial charge in [0.1, 0.15) is 6.54 Å². The molecule has 1 aliphatic rings. The van der Waals surface area contributed by atoms with Crippen LogP contribution >= 0.6 is 0 Å². The first-order valence-electron chi connectivity index (χ1n) is 10.9. The maximum absolute atomic E-state index is 12.7. The van der Waals surface area contributed by atoms with Gasteiger partial charge < -0.3 is 18.8 Å². The van der Waals surface area contributed by atoms with E-state index >= 15 is 0 Å². The number of ketones is 1. The Bertz CT molecular complexity index is 1380. The van der Waals surface area contributed by atoms with Crippen LogP contribution in [0.1, 0.15) is 32.9 Å². The van der Waals surface area contributed by atoms with Crippen molar-refractivity contribution >= 4 is 21.8 Å². The van der Waals surface area contributed by atoms with Crippen molar-refractivity contribution in [3.05, 3.63) is 76.6 Å². The van der Waals surface area contributed by atoms with Gasteiger partial charge in [-0.05, 0) is 56.7 Å². The van der Waals surface area contributed by atoms with E-state index in [2.05, 4.69) is 4.72 Å². The molecule has 0 saturated carbocycles. The number of rotatable bonds is 9. The van der Waals surface area contributed by atoms with Gasteiger partial charge in [-0.2, -0.15) is 4.72 Å². The van der Waals surface area contributed by atoms with E-state index in [-0.39, 0.29) is 17.5 Å². The van der Waals surface area contributed by atoms with Gasteiger partial charge >= 0.3 is 5.97 Å². The number of carbonyl (C=O) groups is 2. The SMILES string of the molecule is Cc1ccc(S(=O)(=O)NCC(=O)OCC(=O)c2cc(C)n(Cc3ccc4c(c3)OCO4)c2C)cc1. The van der Waals surface area contributed by atoms with Crippen LogP contribution in [0.15, 0.2) is 53.4 Å². The Morgan fingerprint density at radius 3 is 2.46 bits per heavy atom. The summed E-state index contributed by atoms with van der Waals surface area (Å²) >= 11 is 0. The minimum Gasteiger partial charge on any atom is -0.456 e. The van der Waals surface area contributed by atoms with Crippen LogP contribution in [0.5, 0.6) is 11.5 Å². The molecule has 0 spiro atoms. The number of hydrogen-bond acceptors (Lipinski definition) is 7. The third-order valence-corrected chi connectivity index (χ3v) is 7.17. The topological polar surface area (TPSA) is 113 Å². The molecular weight excluding hydrogens is 472 g/mol. The number of fused-ring (bicyclic) bond motifs is 1. The Balaban J connectivity index is 1.34. The van der Waals surface area contributed by atoms with Crippen molar-refractivity contribution < 1.29 is 32.2 Å². The number of carbonyl (C=O) groups excluding carboxylic acids is 2. The molecule has 0 radical (unpaired) electrons. The first kappa shape index (κ1) is 24.5. The summed E-state index contributed by atoms with van der Waals surface area (Å²) in [6.45, 7) is 5.22. The van der Waals surface area contributed by atoms with Crippen molar-refractivity contribution in [2.45, 2.75) is 32.2 Å². The molecule has 1 aliphatic heterocycles. The molecule has 0 saturated heterocycles. The highest BCUT2D eigenvalue weighted by Crippen LogP contribution is 2.33. The van der Waals surface area contributed by atoms with E-state index in [1.807, 2.05) is 43.5 Å². The van der Waals surface area contributed by atoms with E-state index in [1.54, 1.807) is 18.2 Å². The Hall–Kier alpha value is -3.63. The number of Topliss-reactive ketones (excluding diaryl/α,β-unsaturated/α-hetero) is 1. The molecule has 0 bridgehead atoms. The molecule has 0 atom stereocenters. The average Bonchev–Trinajstić information content (AvgIpc) is 3.41. The zero-order valence-electron chi connectivity index (χ0n) is 19.7. The molecule has 1 N–H and O–H groups in total. The van der Waals surface area contributed by atoms with Gasteiger partial charge in [0.2, 0.25) is 22.6 Å². The first-order chi connectivity index (χ1) is 16.6. The molecular formula is C25H26N2O7S. The average molecular weight is 499 g/mol. The summed E-state index contributed by atoms with van der Waals surface area (Å²) in [5.41, 5.74) is 3.96. The van der Waals surface area contributed by atoms with Crippen LogP contribution in [0.25, 0.3) is 0 Å². The van der Waals surface area contributed by atoms with Crippen molar-refractivity contribution in [2.75, 3.05) is 19.9 Å². The molecule has 4 rings (SSSR count). The molecule has 35 heavy (non-hydrogen) atoms. The fraction of sp³-hybridized carbons (Fsp3) is 0.280. The molecule has 2 aromatic carbocycles. The van der Waals surface area contributed by atoms with E-state index in [9.17, 15) is 18.0 Å². The van der Waals surface area contributed by atoms with Gasteiger partial charge in [-0.3, -0.25) is 9.59 Å². The highest BCUT2D eigenvalue weighted by atomic mass is 32.2. The molecule has 9 nitrogen and oxygen atoms in total. The van der Waals surface area contributed by atoms with Crippen LogP contribution in [0.4, 0.5) is 0 Å². The number of ether oxygens (including phenoxy) is 3. The second kappa shape index (κ2) is 9.93. The van der Waals surface area contributed by atoms with Crippen LogP contribution in [-0.2, 0) is 26.1 Å². The van der Waals surface area contributed by atoms with Gasteiger partial charge in [0.25, 0.3) is 0 Å². The van der Waals surface area contributed by atoms with Crippen molar-refractivity contribution in [3.63, 3.8) is 0 Å². The standard InChI is InChI=1S/C25H26N2O7S/c1-16-4-7-20(8-5-16)35(30,31)26-12-25(29)32-14-22(28)21-10-17(2)27(18(21)3)13-19-6-9-23-24(11-19)34-15-33-23/h4-11,26H,12-15H2,1-3H3. The van der Waals surface area contributed by atoms with Crippen LogP contribution in [0, 0.1) is 20.8 Å². The van der Waals surface area contributed by atoms with E-state index in [0.717, 1.165) is 22.5 Å². The molecule has 0 amide bonds. The summed E-state index contributed by atoms with van der Waals surface area (Å²) in [6.07, 6.45) is 0. The molecule has 184 valence electrons. The summed E-state index contributed by atoms with van der Waals surface area (Å²) in [5, 5.41) is 0. The maximum atomic E-state index is 12.7. The van der Waals surface area contributed by atoms with Crippen molar-refractivity contribution in [1.82, 2.24) is 9.29 Å². The lowest BCUT2D eigenvalue weighted by Crippen LogP contribution is -2.31. The molecule has 2 heterocycles. The number of sulfonamides is 1. The van der Waals surface area contributed by atoms with Crippen LogP contribution in [0.2, 0.25) is 0 Å². The fourth-order valence-electron chi connectivity index (χ4n) is 3.78. The molecule has 3 aromatic rings.